The Morgan fingerprint density at radius 1 is 0.733 bits per heavy atom. The van der Waals surface area contributed by atoms with Crippen molar-refractivity contribution in [3.63, 3.8) is 0 Å². The highest BCUT2D eigenvalue weighted by Crippen LogP contribution is 2.24. The summed E-state index contributed by atoms with van der Waals surface area (Å²) in [6.07, 6.45) is 0. The van der Waals surface area contributed by atoms with Gasteiger partial charge in [-0.3, -0.25) is 4.55 Å². The van der Waals surface area contributed by atoms with Gasteiger partial charge >= 0.3 is 0 Å². The summed E-state index contributed by atoms with van der Waals surface area (Å²) in [5, 5.41) is 0. The fraction of sp³-hybridized carbons (Fsp3) is 0. The third-order valence-electron chi connectivity index (χ3n) is 2.21. The zero-order valence-corrected chi connectivity index (χ0v) is 8.97. The lowest BCUT2D eigenvalue weighted by Gasteiger charge is -2.22. The molecule has 2 aromatic carbocycles. The molecule has 0 bridgehead atoms. The SMILES string of the molecule is O=[SH](O)(c1ccccc1)c1ccccc1. The Hall–Kier alpha value is -1.45. The second kappa shape index (κ2) is 3.96. The van der Waals surface area contributed by atoms with Crippen molar-refractivity contribution in [3.8, 4) is 0 Å². The smallest absolute Gasteiger partial charge is 0.0564 e. The predicted molar refractivity (Wildman–Crippen MR) is 61.6 cm³/mol. The van der Waals surface area contributed by atoms with Crippen LogP contribution in [0, 0.1) is 0 Å². The molecule has 0 aliphatic carbocycles. The largest absolute Gasteiger partial charge is 0.297 e. The minimum atomic E-state index is -3.40. The van der Waals surface area contributed by atoms with Gasteiger partial charge in [-0.15, -0.1) is 10.2 Å². The second-order valence-corrected chi connectivity index (χ2v) is 5.43. The number of hydrogen-bond donors (Lipinski definition) is 2. The van der Waals surface area contributed by atoms with E-state index in [0.29, 0.717) is 9.79 Å². The maximum Gasteiger partial charge on any atom is 0.0564 e. The molecule has 0 aromatic heterocycles. The van der Waals surface area contributed by atoms with Crippen LogP contribution in [0.15, 0.2) is 70.5 Å². The molecule has 2 nitrogen and oxygen atoms in total. The Balaban J connectivity index is 2.50. The van der Waals surface area contributed by atoms with Gasteiger partial charge in [-0.25, -0.2) is 4.21 Å². The van der Waals surface area contributed by atoms with Crippen molar-refractivity contribution in [1.82, 2.24) is 0 Å². The normalized spacial score (nSPS) is 12.3. The van der Waals surface area contributed by atoms with Gasteiger partial charge in [0, 0.05) is 0 Å². The molecular weight excluding hydrogens is 208 g/mol. The van der Waals surface area contributed by atoms with Crippen molar-refractivity contribution in [2.45, 2.75) is 9.79 Å². The van der Waals surface area contributed by atoms with Gasteiger partial charge in [0.05, 0.1) is 9.79 Å². The van der Waals surface area contributed by atoms with Gasteiger partial charge in [0.25, 0.3) is 0 Å². The van der Waals surface area contributed by atoms with Gasteiger partial charge in [-0.1, -0.05) is 36.4 Å². The maximum atomic E-state index is 12.2. The highest BCUT2D eigenvalue weighted by molar-refractivity contribution is 7.97. The molecule has 0 atom stereocenters. The summed E-state index contributed by atoms with van der Waals surface area (Å²) in [6.45, 7) is 0. The standard InChI is InChI=1S/C12H12O2S/c13-15(14,11-7-3-1-4-8-11)12-9-5-2-6-10-12/h1-10,15H,(H,13,14). The van der Waals surface area contributed by atoms with Crippen molar-refractivity contribution >= 4 is 10.2 Å². The third kappa shape index (κ3) is 1.98. The first-order valence-electron chi connectivity index (χ1n) is 4.65. The van der Waals surface area contributed by atoms with Gasteiger partial charge < -0.3 is 0 Å². The summed E-state index contributed by atoms with van der Waals surface area (Å²) < 4.78 is 22.2. The summed E-state index contributed by atoms with van der Waals surface area (Å²) in [6, 6.07) is 17.4. The highest BCUT2D eigenvalue weighted by atomic mass is 32.3. The number of rotatable bonds is 2. The van der Waals surface area contributed by atoms with Crippen LogP contribution in [0.25, 0.3) is 0 Å². The Bertz CT molecular complexity index is 436. The van der Waals surface area contributed by atoms with E-state index in [1.165, 1.54) is 0 Å². The molecule has 1 N–H and O–H groups in total. The van der Waals surface area contributed by atoms with Gasteiger partial charge in [-0.05, 0) is 24.3 Å². The number of thiol groups is 1. The van der Waals surface area contributed by atoms with E-state index in [2.05, 4.69) is 0 Å². The van der Waals surface area contributed by atoms with Crippen molar-refractivity contribution in [1.29, 1.82) is 0 Å². The van der Waals surface area contributed by atoms with Crippen LogP contribution >= 0.6 is 0 Å². The quantitative estimate of drug-likeness (QED) is 0.763. The molecule has 0 unspecified atom stereocenters. The molecule has 2 rings (SSSR count). The lowest BCUT2D eigenvalue weighted by atomic mass is 10.4. The summed E-state index contributed by atoms with van der Waals surface area (Å²) in [5.41, 5.74) is 0. The van der Waals surface area contributed by atoms with Crippen molar-refractivity contribution in [3.05, 3.63) is 60.7 Å². The minimum Gasteiger partial charge on any atom is -0.297 e. The minimum absolute atomic E-state index is 0.469. The van der Waals surface area contributed by atoms with Crippen LogP contribution in [0.2, 0.25) is 0 Å². The van der Waals surface area contributed by atoms with Gasteiger partial charge in [0.2, 0.25) is 0 Å². The van der Waals surface area contributed by atoms with Gasteiger partial charge in [0.15, 0.2) is 0 Å². The Kier molecular flexibility index (Phi) is 2.66. The number of hydrogen-bond acceptors (Lipinski definition) is 1. The monoisotopic (exact) mass is 220 g/mol. The molecule has 0 aliphatic rings. The van der Waals surface area contributed by atoms with Crippen LogP contribution in [-0.4, -0.2) is 8.76 Å². The molecule has 78 valence electrons. The molecule has 0 heterocycles. The first kappa shape index (κ1) is 10.1. The molecule has 0 spiro atoms. The predicted octanol–water partition coefficient (Wildman–Crippen LogP) is 2.59. The van der Waals surface area contributed by atoms with E-state index >= 15 is 0 Å². The van der Waals surface area contributed by atoms with Crippen LogP contribution in [0.1, 0.15) is 0 Å². The zero-order chi connectivity index (χ0) is 10.7. The van der Waals surface area contributed by atoms with Crippen LogP contribution in [0.3, 0.4) is 0 Å². The molecular formula is C12H12O2S. The fourth-order valence-electron chi connectivity index (χ4n) is 1.41. The van der Waals surface area contributed by atoms with E-state index in [0.717, 1.165) is 0 Å². The topological polar surface area (TPSA) is 37.3 Å². The summed E-state index contributed by atoms with van der Waals surface area (Å²) in [5.74, 6) is 0. The first-order valence-corrected chi connectivity index (χ1v) is 6.31. The van der Waals surface area contributed by atoms with E-state index in [1.807, 2.05) is 12.1 Å². The molecule has 2 aromatic rings. The van der Waals surface area contributed by atoms with Crippen molar-refractivity contribution in [2.75, 3.05) is 0 Å². The van der Waals surface area contributed by atoms with E-state index in [4.69, 9.17) is 0 Å². The molecule has 0 saturated carbocycles. The number of benzene rings is 2. The second-order valence-electron chi connectivity index (χ2n) is 3.25. The third-order valence-corrected chi connectivity index (χ3v) is 4.21. The van der Waals surface area contributed by atoms with Crippen LogP contribution in [0.4, 0.5) is 0 Å². The molecule has 0 amide bonds. The highest BCUT2D eigenvalue weighted by Gasteiger charge is 2.10. The summed E-state index contributed by atoms with van der Waals surface area (Å²) in [4.78, 5) is 0.937. The molecule has 0 aliphatic heterocycles. The summed E-state index contributed by atoms with van der Waals surface area (Å²) in [7, 11) is -3.40. The van der Waals surface area contributed by atoms with E-state index in [-0.39, 0.29) is 0 Å². The lowest BCUT2D eigenvalue weighted by Crippen LogP contribution is -2.10. The van der Waals surface area contributed by atoms with E-state index < -0.39 is 10.2 Å². The maximum absolute atomic E-state index is 12.2. The lowest BCUT2D eigenvalue weighted by molar-refractivity contribution is 0.539. The Labute approximate surface area is 89.8 Å². The molecule has 0 radical (unpaired) electrons. The van der Waals surface area contributed by atoms with Crippen LogP contribution in [-0.2, 0) is 10.2 Å². The zero-order valence-electron chi connectivity index (χ0n) is 8.08. The average Bonchev–Trinajstić information content (AvgIpc) is 2.31. The first-order chi connectivity index (χ1) is 7.21. The van der Waals surface area contributed by atoms with Crippen molar-refractivity contribution in [2.24, 2.45) is 0 Å². The Morgan fingerprint density at radius 3 is 1.40 bits per heavy atom. The molecule has 15 heavy (non-hydrogen) atoms. The van der Waals surface area contributed by atoms with Crippen LogP contribution in [0.5, 0.6) is 0 Å². The van der Waals surface area contributed by atoms with Crippen molar-refractivity contribution < 1.29 is 8.76 Å². The molecule has 0 fully saturated rings. The Morgan fingerprint density at radius 2 is 1.07 bits per heavy atom. The van der Waals surface area contributed by atoms with E-state index in [1.54, 1.807) is 48.5 Å². The van der Waals surface area contributed by atoms with Crippen LogP contribution < -0.4 is 0 Å². The fourth-order valence-corrected chi connectivity index (χ4v) is 2.86. The van der Waals surface area contributed by atoms with E-state index in [9.17, 15) is 8.76 Å². The molecule has 3 heteroatoms. The summed E-state index contributed by atoms with van der Waals surface area (Å²) >= 11 is 0. The molecule has 0 saturated heterocycles. The van der Waals surface area contributed by atoms with Gasteiger partial charge in [-0.2, -0.15) is 0 Å². The van der Waals surface area contributed by atoms with Gasteiger partial charge in [0.1, 0.15) is 0 Å². The average molecular weight is 220 g/mol.